The fourth-order valence-electron chi connectivity index (χ4n) is 5.71. The Morgan fingerprint density at radius 3 is 2.55 bits per heavy atom. The number of piperidine rings is 1. The summed E-state index contributed by atoms with van der Waals surface area (Å²) in [6.45, 7) is 1.47. The minimum Gasteiger partial charge on any atom is -0.493 e. The van der Waals surface area contributed by atoms with Gasteiger partial charge < -0.3 is 19.3 Å². The highest BCUT2D eigenvalue weighted by molar-refractivity contribution is 5.95. The number of rotatable bonds is 2. The summed E-state index contributed by atoms with van der Waals surface area (Å²) in [6.07, 6.45) is 2.44. The Labute approximate surface area is 190 Å². The highest BCUT2D eigenvalue weighted by Crippen LogP contribution is 2.47. The van der Waals surface area contributed by atoms with E-state index in [1.807, 2.05) is 12.1 Å². The van der Waals surface area contributed by atoms with Gasteiger partial charge in [0.25, 0.3) is 11.8 Å². The fraction of sp³-hybridized carbons (Fsp3) is 0.440. The lowest BCUT2D eigenvalue weighted by molar-refractivity contribution is -0.142. The van der Waals surface area contributed by atoms with Crippen LogP contribution < -0.4 is 4.74 Å². The number of carbonyl (C=O) groups excluding carboxylic acids is 2. The van der Waals surface area contributed by atoms with Gasteiger partial charge in [0.2, 0.25) is 0 Å². The van der Waals surface area contributed by atoms with Crippen LogP contribution in [-0.2, 0) is 16.0 Å². The minimum absolute atomic E-state index is 0.0568. The summed E-state index contributed by atoms with van der Waals surface area (Å²) in [4.78, 5) is 30.0. The SMILES string of the molecule is O=C(c1ccc2c(c1)CCO2)N1CCC2(CC1)OC1CC[C@@H](c3cc(F)cc(F)c3)N1C2=O. The first-order valence-corrected chi connectivity index (χ1v) is 11.5. The lowest BCUT2D eigenvalue weighted by atomic mass is 9.89. The van der Waals surface area contributed by atoms with Gasteiger partial charge in [-0.05, 0) is 54.3 Å². The van der Waals surface area contributed by atoms with Gasteiger partial charge in [-0.25, -0.2) is 8.78 Å². The number of ether oxygens (including phenoxy) is 2. The molecule has 0 bridgehead atoms. The quantitative estimate of drug-likeness (QED) is 0.696. The van der Waals surface area contributed by atoms with Gasteiger partial charge >= 0.3 is 0 Å². The third kappa shape index (κ3) is 3.30. The summed E-state index contributed by atoms with van der Waals surface area (Å²) >= 11 is 0. The van der Waals surface area contributed by atoms with Crippen LogP contribution in [0.3, 0.4) is 0 Å². The normalized spacial score (nSPS) is 25.3. The van der Waals surface area contributed by atoms with Crippen molar-refractivity contribution in [2.75, 3.05) is 19.7 Å². The highest BCUT2D eigenvalue weighted by atomic mass is 19.1. The average Bonchev–Trinajstić information content (AvgIpc) is 3.49. The second kappa shape index (κ2) is 7.52. The second-order valence-corrected chi connectivity index (χ2v) is 9.29. The molecule has 0 aliphatic carbocycles. The molecule has 2 aromatic rings. The summed E-state index contributed by atoms with van der Waals surface area (Å²) in [5.41, 5.74) is 1.15. The molecule has 8 heteroatoms. The van der Waals surface area contributed by atoms with Gasteiger partial charge in [-0.1, -0.05) is 0 Å². The van der Waals surface area contributed by atoms with Gasteiger partial charge in [0.15, 0.2) is 5.60 Å². The predicted octanol–water partition coefficient (Wildman–Crippen LogP) is 3.59. The largest absolute Gasteiger partial charge is 0.493 e. The van der Waals surface area contributed by atoms with Crippen molar-refractivity contribution in [1.29, 1.82) is 0 Å². The van der Waals surface area contributed by atoms with Gasteiger partial charge in [0.05, 0.1) is 12.6 Å². The minimum atomic E-state index is -0.974. The van der Waals surface area contributed by atoms with Crippen LogP contribution in [0.5, 0.6) is 5.75 Å². The first kappa shape index (κ1) is 20.6. The summed E-state index contributed by atoms with van der Waals surface area (Å²) < 4.78 is 39.4. The number of likely N-dealkylation sites (tertiary alicyclic amines) is 1. The van der Waals surface area contributed by atoms with Gasteiger partial charge in [-0.2, -0.15) is 0 Å². The maximum Gasteiger partial charge on any atom is 0.257 e. The molecule has 4 aliphatic rings. The van der Waals surface area contributed by atoms with Gasteiger partial charge in [-0.3, -0.25) is 9.59 Å². The van der Waals surface area contributed by atoms with Crippen molar-refractivity contribution in [2.45, 2.75) is 50.0 Å². The van der Waals surface area contributed by atoms with E-state index in [0.717, 1.165) is 23.8 Å². The number of benzene rings is 2. The van der Waals surface area contributed by atoms with Gasteiger partial charge in [0.1, 0.15) is 23.6 Å². The maximum atomic E-state index is 13.8. The van der Waals surface area contributed by atoms with Crippen LogP contribution in [0.2, 0.25) is 0 Å². The number of hydrogen-bond donors (Lipinski definition) is 0. The Morgan fingerprint density at radius 1 is 1.03 bits per heavy atom. The lowest BCUT2D eigenvalue weighted by Crippen LogP contribution is -2.51. The molecule has 0 radical (unpaired) electrons. The Morgan fingerprint density at radius 2 is 1.79 bits per heavy atom. The van der Waals surface area contributed by atoms with E-state index in [1.54, 1.807) is 15.9 Å². The van der Waals surface area contributed by atoms with Gasteiger partial charge in [0, 0.05) is 44.0 Å². The number of carbonyl (C=O) groups is 2. The van der Waals surface area contributed by atoms with Crippen molar-refractivity contribution in [3.63, 3.8) is 0 Å². The lowest BCUT2D eigenvalue weighted by Gasteiger charge is -2.37. The van der Waals surface area contributed by atoms with Crippen LogP contribution in [0.1, 0.15) is 53.2 Å². The van der Waals surface area contributed by atoms with E-state index in [-0.39, 0.29) is 11.8 Å². The summed E-state index contributed by atoms with van der Waals surface area (Å²) in [5, 5.41) is 0. The van der Waals surface area contributed by atoms with E-state index in [2.05, 4.69) is 0 Å². The molecular formula is C25H24F2N2O4. The zero-order valence-electron chi connectivity index (χ0n) is 18.1. The molecular weight excluding hydrogens is 430 g/mol. The third-order valence-corrected chi connectivity index (χ3v) is 7.38. The summed E-state index contributed by atoms with van der Waals surface area (Å²) in [5.74, 6) is -0.663. The molecule has 1 unspecified atom stereocenters. The number of halogens is 2. The molecule has 2 aromatic carbocycles. The van der Waals surface area contributed by atoms with Crippen LogP contribution in [0.25, 0.3) is 0 Å². The molecule has 172 valence electrons. The molecule has 0 saturated carbocycles. The molecule has 0 aromatic heterocycles. The Bertz CT molecular complexity index is 1120. The number of nitrogens with zero attached hydrogens (tertiary/aromatic N) is 2. The van der Waals surface area contributed by atoms with Crippen LogP contribution in [0.15, 0.2) is 36.4 Å². The van der Waals surface area contributed by atoms with Crippen LogP contribution in [-0.4, -0.2) is 53.1 Å². The molecule has 0 N–H and O–H groups in total. The molecule has 4 aliphatic heterocycles. The average molecular weight is 454 g/mol. The molecule has 33 heavy (non-hydrogen) atoms. The maximum absolute atomic E-state index is 13.8. The monoisotopic (exact) mass is 454 g/mol. The van der Waals surface area contributed by atoms with E-state index in [4.69, 9.17) is 9.47 Å². The first-order chi connectivity index (χ1) is 15.9. The Hall–Kier alpha value is -3.00. The number of hydrogen-bond acceptors (Lipinski definition) is 4. The standard InChI is InChI=1S/C25H24F2N2O4/c26-18-12-17(13-19(27)14-18)20-2-4-22-29(20)24(31)25(33-22)6-8-28(9-7-25)23(30)16-1-3-21-15(11-16)5-10-32-21/h1,3,11-14,20,22H,2,4-10H2/t20-,22?/m0/s1. The topological polar surface area (TPSA) is 59.1 Å². The van der Waals surface area contributed by atoms with Crippen molar-refractivity contribution in [3.8, 4) is 5.75 Å². The molecule has 6 rings (SSSR count). The summed E-state index contributed by atoms with van der Waals surface area (Å²) in [7, 11) is 0. The molecule has 4 heterocycles. The Balaban J connectivity index is 1.17. The predicted molar refractivity (Wildman–Crippen MR) is 114 cm³/mol. The van der Waals surface area contributed by atoms with E-state index in [9.17, 15) is 18.4 Å². The van der Waals surface area contributed by atoms with Crippen molar-refractivity contribution in [3.05, 3.63) is 64.7 Å². The number of amides is 2. The van der Waals surface area contributed by atoms with E-state index in [0.29, 0.717) is 56.5 Å². The number of fused-ring (bicyclic) bond motifs is 2. The smallest absolute Gasteiger partial charge is 0.257 e. The molecule has 3 saturated heterocycles. The fourth-order valence-corrected chi connectivity index (χ4v) is 5.71. The summed E-state index contributed by atoms with van der Waals surface area (Å²) in [6, 6.07) is 8.53. The Kier molecular flexibility index (Phi) is 4.69. The molecule has 2 amide bonds. The molecule has 6 nitrogen and oxygen atoms in total. The first-order valence-electron chi connectivity index (χ1n) is 11.5. The molecule has 2 atom stereocenters. The van der Waals surface area contributed by atoms with E-state index >= 15 is 0 Å². The zero-order valence-corrected chi connectivity index (χ0v) is 18.1. The third-order valence-electron chi connectivity index (χ3n) is 7.38. The van der Waals surface area contributed by atoms with Crippen molar-refractivity contribution < 1.29 is 27.8 Å². The van der Waals surface area contributed by atoms with Crippen molar-refractivity contribution >= 4 is 11.8 Å². The van der Waals surface area contributed by atoms with Crippen LogP contribution in [0.4, 0.5) is 8.78 Å². The van der Waals surface area contributed by atoms with Crippen molar-refractivity contribution in [1.82, 2.24) is 9.80 Å². The van der Waals surface area contributed by atoms with E-state index in [1.165, 1.54) is 12.1 Å². The molecule has 1 spiro atoms. The highest BCUT2D eigenvalue weighted by Gasteiger charge is 2.58. The molecule has 3 fully saturated rings. The van der Waals surface area contributed by atoms with Crippen molar-refractivity contribution in [2.24, 2.45) is 0 Å². The van der Waals surface area contributed by atoms with E-state index < -0.39 is 29.5 Å². The zero-order chi connectivity index (χ0) is 22.7. The van der Waals surface area contributed by atoms with Crippen LogP contribution >= 0.6 is 0 Å². The second-order valence-electron chi connectivity index (χ2n) is 9.29. The van der Waals surface area contributed by atoms with Crippen LogP contribution in [0, 0.1) is 11.6 Å². The van der Waals surface area contributed by atoms with Gasteiger partial charge in [-0.15, -0.1) is 0 Å².